The Balaban J connectivity index is 2.21. The zero-order chi connectivity index (χ0) is 11.7. The van der Waals surface area contributed by atoms with E-state index < -0.39 is 0 Å². The van der Waals surface area contributed by atoms with Crippen molar-refractivity contribution in [3.63, 3.8) is 0 Å². The number of rotatable bonds is 1. The van der Waals surface area contributed by atoms with Gasteiger partial charge in [-0.1, -0.05) is 30.4 Å². The highest BCUT2D eigenvalue weighted by molar-refractivity contribution is 7.71. The van der Waals surface area contributed by atoms with Crippen LogP contribution in [0.3, 0.4) is 0 Å². The van der Waals surface area contributed by atoms with Crippen LogP contribution in [-0.4, -0.2) is 15.0 Å². The first-order valence-electron chi connectivity index (χ1n) is 5.22. The van der Waals surface area contributed by atoms with Crippen molar-refractivity contribution in [2.24, 2.45) is 0 Å². The van der Waals surface area contributed by atoms with Crippen molar-refractivity contribution < 1.29 is 0 Å². The molecule has 3 aromatic rings. The maximum Gasteiger partial charge on any atom is 0.122 e. The summed E-state index contributed by atoms with van der Waals surface area (Å²) in [5.74, 6) is 0. The molecule has 0 fully saturated rings. The highest BCUT2D eigenvalue weighted by Crippen LogP contribution is 2.19. The van der Waals surface area contributed by atoms with Crippen molar-refractivity contribution in [3.05, 3.63) is 53.6 Å². The van der Waals surface area contributed by atoms with E-state index in [1.54, 1.807) is 12.4 Å². The van der Waals surface area contributed by atoms with Crippen molar-refractivity contribution in [1.29, 1.82) is 0 Å². The molecule has 0 unspecified atom stereocenters. The van der Waals surface area contributed by atoms with E-state index in [4.69, 9.17) is 12.2 Å². The van der Waals surface area contributed by atoms with Gasteiger partial charge in [-0.3, -0.25) is 9.97 Å². The Bertz CT molecular complexity index is 734. The number of aromatic amines is 1. The second-order valence-corrected chi connectivity index (χ2v) is 4.17. The first-order valence-corrected chi connectivity index (χ1v) is 5.63. The molecule has 0 saturated carbocycles. The number of nitrogens with zero attached hydrogens (tertiary/aromatic N) is 2. The van der Waals surface area contributed by atoms with Crippen molar-refractivity contribution in [1.82, 2.24) is 15.0 Å². The second kappa shape index (κ2) is 4.07. The van der Waals surface area contributed by atoms with Gasteiger partial charge in [0.05, 0.1) is 23.6 Å². The van der Waals surface area contributed by atoms with E-state index in [0.29, 0.717) is 4.64 Å². The molecular formula is C13H9N3S. The smallest absolute Gasteiger partial charge is 0.122 e. The third-order valence-electron chi connectivity index (χ3n) is 2.55. The van der Waals surface area contributed by atoms with Gasteiger partial charge in [0.1, 0.15) is 4.64 Å². The molecule has 0 amide bonds. The van der Waals surface area contributed by atoms with Crippen LogP contribution in [0.4, 0.5) is 0 Å². The zero-order valence-corrected chi connectivity index (χ0v) is 9.74. The molecular weight excluding hydrogens is 230 g/mol. The molecule has 17 heavy (non-hydrogen) atoms. The lowest BCUT2D eigenvalue weighted by atomic mass is 10.1. The molecule has 4 heteroatoms. The molecule has 1 aromatic carbocycles. The van der Waals surface area contributed by atoms with Crippen LogP contribution < -0.4 is 0 Å². The third kappa shape index (κ3) is 1.94. The molecule has 0 aliphatic rings. The molecule has 82 valence electrons. The Hall–Kier alpha value is -2.07. The van der Waals surface area contributed by atoms with Gasteiger partial charge in [0.25, 0.3) is 0 Å². The first-order chi connectivity index (χ1) is 8.33. The number of hydrogen-bond donors (Lipinski definition) is 1. The lowest BCUT2D eigenvalue weighted by Gasteiger charge is -2.02. The lowest BCUT2D eigenvalue weighted by Crippen LogP contribution is -1.87. The molecule has 0 aliphatic heterocycles. The van der Waals surface area contributed by atoms with E-state index in [1.165, 1.54) is 0 Å². The van der Waals surface area contributed by atoms with Gasteiger partial charge in [-0.15, -0.1) is 0 Å². The maximum atomic E-state index is 5.06. The van der Waals surface area contributed by atoms with Gasteiger partial charge < -0.3 is 4.98 Å². The molecule has 0 radical (unpaired) electrons. The van der Waals surface area contributed by atoms with Gasteiger partial charge in [0.2, 0.25) is 0 Å². The summed E-state index contributed by atoms with van der Waals surface area (Å²) in [7, 11) is 0. The minimum atomic E-state index is 0.621. The fourth-order valence-electron chi connectivity index (χ4n) is 1.74. The number of hydrogen-bond acceptors (Lipinski definition) is 3. The summed E-state index contributed by atoms with van der Waals surface area (Å²) in [6.07, 6.45) is 5.19. The standard InChI is InChI=1S/C13H9N3S/c17-13-8-14-7-12(16-13)10-5-9-3-1-2-4-11(9)15-6-10/h1-8H,(H,16,17). The monoisotopic (exact) mass is 239 g/mol. The number of fused-ring (bicyclic) bond motifs is 1. The number of pyridine rings is 1. The Labute approximate surface area is 103 Å². The van der Waals surface area contributed by atoms with Crippen LogP contribution in [0.25, 0.3) is 22.2 Å². The second-order valence-electron chi connectivity index (χ2n) is 3.73. The van der Waals surface area contributed by atoms with Crippen molar-refractivity contribution >= 4 is 23.1 Å². The third-order valence-corrected chi connectivity index (χ3v) is 2.76. The molecule has 2 aromatic heterocycles. The first kappa shape index (κ1) is 10.1. The quantitative estimate of drug-likeness (QED) is 0.662. The summed E-state index contributed by atoms with van der Waals surface area (Å²) in [5, 5.41) is 1.10. The summed E-state index contributed by atoms with van der Waals surface area (Å²) in [5.41, 5.74) is 2.86. The van der Waals surface area contributed by atoms with Crippen LogP contribution in [0.2, 0.25) is 0 Å². The fourth-order valence-corrected chi connectivity index (χ4v) is 1.91. The van der Waals surface area contributed by atoms with Gasteiger partial charge in [-0.25, -0.2) is 0 Å². The van der Waals surface area contributed by atoms with Gasteiger partial charge in [0, 0.05) is 17.1 Å². The maximum absolute atomic E-state index is 5.06. The van der Waals surface area contributed by atoms with Crippen molar-refractivity contribution in [2.45, 2.75) is 0 Å². The van der Waals surface area contributed by atoms with Gasteiger partial charge in [-0.05, 0) is 12.1 Å². The molecule has 0 bridgehead atoms. The molecule has 3 rings (SSSR count). The van der Waals surface area contributed by atoms with E-state index in [2.05, 4.69) is 21.0 Å². The number of H-pyrrole nitrogens is 1. The average Bonchev–Trinajstić information content (AvgIpc) is 2.38. The number of para-hydroxylation sites is 1. The number of aromatic nitrogens is 3. The highest BCUT2D eigenvalue weighted by Gasteiger charge is 2.00. The minimum absolute atomic E-state index is 0.621. The van der Waals surface area contributed by atoms with Crippen LogP contribution in [0.1, 0.15) is 0 Å². The highest BCUT2D eigenvalue weighted by atomic mass is 32.1. The van der Waals surface area contributed by atoms with Gasteiger partial charge in [0.15, 0.2) is 0 Å². The summed E-state index contributed by atoms with van der Waals surface area (Å²) in [6, 6.07) is 10.1. The molecule has 0 spiro atoms. The van der Waals surface area contributed by atoms with Crippen LogP contribution in [0.15, 0.2) is 48.9 Å². The fraction of sp³-hybridized carbons (Fsp3) is 0. The molecule has 1 N–H and O–H groups in total. The van der Waals surface area contributed by atoms with Gasteiger partial charge in [-0.2, -0.15) is 0 Å². The summed E-state index contributed by atoms with van der Waals surface area (Å²) >= 11 is 5.06. The Kier molecular flexibility index (Phi) is 2.42. The summed E-state index contributed by atoms with van der Waals surface area (Å²) in [4.78, 5) is 11.6. The number of nitrogens with one attached hydrogen (secondary N) is 1. The average molecular weight is 239 g/mol. The lowest BCUT2D eigenvalue weighted by molar-refractivity contribution is 1.18. The van der Waals surface area contributed by atoms with Crippen LogP contribution >= 0.6 is 12.2 Å². The topological polar surface area (TPSA) is 41.6 Å². The number of benzene rings is 1. The van der Waals surface area contributed by atoms with E-state index in [9.17, 15) is 0 Å². The van der Waals surface area contributed by atoms with E-state index in [0.717, 1.165) is 22.2 Å². The SMILES string of the molecule is S=c1cncc(-c2cnc3ccccc3c2)[nH]1. The van der Waals surface area contributed by atoms with E-state index in [1.807, 2.05) is 30.5 Å². The van der Waals surface area contributed by atoms with Gasteiger partial charge >= 0.3 is 0 Å². The largest absolute Gasteiger partial charge is 0.344 e. The van der Waals surface area contributed by atoms with Crippen molar-refractivity contribution in [2.75, 3.05) is 0 Å². The normalized spacial score (nSPS) is 10.6. The Morgan fingerprint density at radius 1 is 1.06 bits per heavy atom. The van der Waals surface area contributed by atoms with Crippen LogP contribution in [-0.2, 0) is 0 Å². The Morgan fingerprint density at radius 2 is 1.94 bits per heavy atom. The molecule has 0 saturated heterocycles. The minimum Gasteiger partial charge on any atom is -0.344 e. The molecule has 2 heterocycles. The summed E-state index contributed by atoms with van der Waals surface area (Å²) in [6.45, 7) is 0. The van der Waals surface area contributed by atoms with E-state index in [-0.39, 0.29) is 0 Å². The molecule has 0 atom stereocenters. The van der Waals surface area contributed by atoms with Crippen molar-refractivity contribution in [3.8, 4) is 11.3 Å². The summed E-state index contributed by atoms with van der Waals surface area (Å²) < 4.78 is 0.621. The molecule has 0 aliphatic carbocycles. The predicted molar refractivity (Wildman–Crippen MR) is 70.2 cm³/mol. The van der Waals surface area contributed by atoms with E-state index >= 15 is 0 Å². The zero-order valence-electron chi connectivity index (χ0n) is 8.92. The predicted octanol–water partition coefficient (Wildman–Crippen LogP) is 3.35. The van der Waals surface area contributed by atoms with Crippen LogP contribution in [0, 0.1) is 4.64 Å². The Morgan fingerprint density at radius 3 is 2.82 bits per heavy atom. The van der Waals surface area contributed by atoms with Crippen LogP contribution in [0.5, 0.6) is 0 Å². The molecule has 3 nitrogen and oxygen atoms in total.